The summed E-state index contributed by atoms with van der Waals surface area (Å²) in [4.78, 5) is 15.7. The molecule has 1 aromatic carbocycles. The van der Waals surface area contributed by atoms with Gasteiger partial charge in [-0.3, -0.25) is 4.79 Å². The van der Waals surface area contributed by atoms with E-state index in [1.807, 2.05) is 31.2 Å². The van der Waals surface area contributed by atoms with Gasteiger partial charge >= 0.3 is 0 Å². The predicted octanol–water partition coefficient (Wildman–Crippen LogP) is 1.65. The lowest BCUT2D eigenvalue weighted by Gasteiger charge is -2.09. The second-order valence-corrected chi connectivity index (χ2v) is 5.70. The van der Waals surface area contributed by atoms with E-state index in [4.69, 9.17) is 10.5 Å². The minimum atomic E-state index is -0.130. The zero-order chi connectivity index (χ0) is 17.1. The van der Waals surface area contributed by atoms with Crippen LogP contribution < -0.4 is 21.1 Å². The topological polar surface area (TPSA) is 88.7 Å². The first-order valence-corrected chi connectivity index (χ1v) is 8.03. The van der Waals surface area contributed by atoms with Crippen LogP contribution in [0.15, 0.2) is 29.3 Å². The second-order valence-electron chi connectivity index (χ2n) is 5.70. The van der Waals surface area contributed by atoms with E-state index in [1.165, 1.54) is 0 Å². The van der Waals surface area contributed by atoms with Crippen LogP contribution in [-0.2, 0) is 11.3 Å². The molecule has 0 fully saturated rings. The molecule has 0 atom stereocenters. The highest BCUT2D eigenvalue weighted by Gasteiger charge is 2.02. The molecule has 1 aromatic rings. The Balaban J connectivity index is 2.45. The van der Waals surface area contributed by atoms with Crippen LogP contribution in [0.2, 0.25) is 0 Å². The van der Waals surface area contributed by atoms with Crippen molar-refractivity contribution < 1.29 is 9.53 Å². The van der Waals surface area contributed by atoms with Gasteiger partial charge in [-0.05, 0) is 37.0 Å². The molecule has 0 aliphatic rings. The number of rotatable bonds is 9. The molecule has 0 unspecified atom stereocenters. The standard InChI is InChI=1S/C17H28N4O2/c1-4-19-16(22)12-23-15-7-5-6-14(10-15)11-21-17(18)20-9-8-13(2)3/h5-7,10,13H,4,8-9,11-12H2,1-3H3,(H,19,22)(H3,18,20,21). The van der Waals surface area contributed by atoms with Crippen LogP contribution in [0.4, 0.5) is 0 Å². The van der Waals surface area contributed by atoms with Crippen LogP contribution >= 0.6 is 0 Å². The van der Waals surface area contributed by atoms with Crippen molar-refractivity contribution in [2.45, 2.75) is 33.7 Å². The van der Waals surface area contributed by atoms with E-state index in [0.29, 0.717) is 30.7 Å². The van der Waals surface area contributed by atoms with Crippen LogP contribution in [0.3, 0.4) is 0 Å². The fourth-order valence-electron chi connectivity index (χ4n) is 1.85. The van der Waals surface area contributed by atoms with Crippen molar-refractivity contribution in [3.8, 4) is 5.75 Å². The molecular formula is C17H28N4O2. The number of amides is 1. The lowest BCUT2D eigenvalue weighted by atomic mass is 10.1. The van der Waals surface area contributed by atoms with Crippen molar-refractivity contribution in [1.29, 1.82) is 0 Å². The largest absolute Gasteiger partial charge is 0.484 e. The summed E-state index contributed by atoms with van der Waals surface area (Å²) in [6, 6.07) is 7.50. The minimum absolute atomic E-state index is 0.0134. The fraction of sp³-hybridized carbons (Fsp3) is 0.529. The Morgan fingerprint density at radius 3 is 2.83 bits per heavy atom. The quantitative estimate of drug-likeness (QED) is 0.477. The fourth-order valence-corrected chi connectivity index (χ4v) is 1.85. The highest BCUT2D eigenvalue weighted by molar-refractivity contribution is 5.78. The number of carbonyl (C=O) groups excluding carboxylic acids is 1. The first kappa shape index (κ1) is 18.8. The summed E-state index contributed by atoms with van der Waals surface area (Å²) < 4.78 is 5.45. The van der Waals surface area contributed by atoms with E-state index in [1.54, 1.807) is 0 Å². The summed E-state index contributed by atoms with van der Waals surface area (Å²) in [5.74, 6) is 1.60. The second kappa shape index (κ2) is 10.5. The molecule has 6 nitrogen and oxygen atoms in total. The summed E-state index contributed by atoms with van der Waals surface area (Å²) in [6.45, 7) is 8.11. The molecule has 0 saturated heterocycles. The van der Waals surface area contributed by atoms with E-state index in [0.717, 1.165) is 18.5 Å². The molecule has 0 aliphatic heterocycles. The molecule has 0 radical (unpaired) electrons. The van der Waals surface area contributed by atoms with E-state index < -0.39 is 0 Å². The Labute approximate surface area is 138 Å². The van der Waals surface area contributed by atoms with Gasteiger partial charge in [-0.2, -0.15) is 0 Å². The number of carbonyl (C=O) groups is 1. The molecule has 1 rings (SSSR count). The van der Waals surface area contributed by atoms with Gasteiger partial charge in [-0.1, -0.05) is 26.0 Å². The molecule has 6 heteroatoms. The molecule has 1 amide bonds. The number of benzene rings is 1. The zero-order valence-electron chi connectivity index (χ0n) is 14.3. The number of hydrogen-bond acceptors (Lipinski definition) is 3. The lowest BCUT2D eigenvalue weighted by molar-refractivity contribution is -0.122. The van der Waals surface area contributed by atoms with Crippen molar-refractivity contribution in [3.63, 3.8) is 0 Å². The van der Waals surface area contributed by atoms with Crippen molar-refractivity contribution in [3.05, 3.63) is 29.8 Å². The summed E-state index contributed by atoms with van der Waals surface area (Å²) in [6.07, 6.45) is 1.05. The third kappa shape index (κ3) is 8.70. The van der Waals surface area contributed by atoms with Crippen molar-refractivity contribution in [1.82, 2.24) is 10.6 Å². The first-order chi connectivity index (χ1) is 11.0. The minimum Gasteiger partial charge on any atom is -0.484 e. The highest BCUT2D eigenvalue weighted by Crippen LogP contribution is 2.14. The molecular weight excluding hydrogens is 292 g/mol. The van der Waals surface area contributed by atoms with Gasteiger partial charge in [0, 0.05) is 13.1 Å². The van der Waals surface area contributed by atoms with E-state index in [2.05, 4.69) is 29.5 Å². The average Bonchev–Trinajstić information content (AvgIpc) is 2.51. The molecule has 0 spiro atoms. The predicted molar refractivity (Wildman–Crippen MR) is 93.4 cm³/mol. The normalized spacial score (nSPS) is 11.4. The number of likely N-dealkylation sites (N-methyl/N-ethyl adjacent to an activating group) is 1. The zero-order valence-corrected chi connectivity index (χ0v) is 14.3. The van der Waals surface area contributed by atoms with Crippen LogP contribution in [0.25, 0.3) is 0 Å². The van der Waals surface area contributed by atoms with E-state index >= 15 is 0 Å². The monoisotopic (exact) mass is 320 g/mol. The van der Waals surface area contributed by atoms with Crippen LogP contribution in [0, 0.1) is 5.92 Å². The third-order valence-electron chi connectivity index (χ3n) is 3.10. The molecule has 128 valence electrons. The Bertz CT molecular complexity index is 515. The van der Waals surface area contributed by atoms with Crippen molar-refractivity contribution in [2.24, 2.45) is 16.6 Å². The van der Waals surface area contributed by atoms with Gasteiger partial charge in [0.05, 0.1) is 6.54 Å². The summed E-state index contributed by atoms with van der Waals surface area (Å²) in [5, 5.41) is 5.78. The van der Waals surface area contributed by atoms with Gasteiger partial charge in [-0.25, -0.2) is 4.99 Å². The van der Waals surface area contributed by atoms with E-state index in [-0.39, 0.29) is 12.5 Å². The maximum Gasteiger partial charge on any atom is 0.257 e. The van der Waals surface area contributed by atoms with Gasteiger partial charge < -0.3 is 21.1 Å². The number of nitrogens with two attached hydrogens (primary N) is 1. The highest BCUT2D eigenvalue weighted by atomic mass is 16.5. The van der Waals surface area contributed by atoms with Gasteiger partial charge in [0.15, 0.2) is 12.6 Å². The average molecular weight is 320 g/mol. The Morgan fingerprint density at radius 1 is 1.35 bits per heavy atom. The maximum atomic E-state index is 11.4. The smallest absolute Gasteiger partial charge is 0.257 e. The first-order valence-electron chi connectivity index (χ1n) is 8.03. The van der Waals surface area contributed by atoms with Crippen LogP contribution in [0.1, 0.15) is 32.8 Å². The summed E-state index contributed by atoms with van der Waals surface area (Å²) in [5.41, 5.74) is 6.81. The van der Waals surface area contributed by atoms with Crippen LogP contribution in [0.5, 0.6) is 5.75 Å². The molecule has 23 heavy (non-hydrogen) atoms. The summed E-state index contributed by atoms with van der Waals surface area (Å²) in [7, 11) is 0. The number of nitrogens with one attached hydrogen (secondary N) is 2. The Morgan fingerprint density at radius 2 is 2.13 bits per heavy atom. The lowest BCUT2D eigenvalue weighted by Crippen LogP contribution is -2.32. The maximum absolute atomic E-state index is 11.4. The Hall–Kier alpha value is -2.24. The molecule has 0 saturated carbocycles. The third-order valence-corrected chi connectivity index (χ3v) is 3.10. The van der Waals surface area contributed by atoms with Gasteiger partial charge in [0.25, 0.3) is 5.91 Å². The van der Waals surface area contributed by atoms with Gasteiger partial charge in [0.1, 0.15) is 5.75 Å². The molecule has 0 heterocycles. The van der Waals surface area contributed by atoms with Gasteiger partial charge in [-0.15, -0.1) is 0 Å². The number of ether oxygens (including phenoxy) is 1. The number of hydrogen-bond donors (Lipinski definition) is 3. The molecule has 0 aliphatic carbocycles. The number of guanidine groups is 1. The van der Waals surface area contributed by atoms with Crippen LogP contribution in [-0.4, -0.2) is 31.6 Å². The van der Waals surface area contributed by atoms with Crippen molar-refractivity contribution >= 4 is 11.9 Å². The molecule has 0 aromatic heterocycles. The SMILES string of the molecule is CCNC(=O)COc1cccc(CN=C(N)NCCC(C)C)c1. The van der Waals surface area contributed by atoms with Crippen molar-refractivity contribution in [2.75, 3.05) is 19.7 Å². The Kier molecular flexibility index (Phi) is 8.57. The van der Waals surface area contributed by atoms with E-state index in [9.17, 15) is 4.79 Å². The molecule has 4 N–H and O–H groups in total. The number of aliphatic imine (C=N–C) groups is 1. The summed E-state index contributed by atoms with van der Waals surface area (Å²) >= 11 is 0. The number of nitrogens with zero attached hydrogens (tertiary/aromatic N) is 1. The van der Waals surface area contributed by atoms with Gasteiger partial charge in [0.2, 0.25) is 0 Å². The molecule has 0 bridgehead atoms.